The number of guanidine groups is 1. The molecule has 0 spiro atoms. The number of hydrogen-bond acceptors (Lipinski definition) is 1. The summed E-state index contributed by atoms with van der Waals surface area (Å²) in [4.78, 5) is 6.38. The molecule has 0 aliphatic rings. The highest BCUT2D eigenvalue weighted by molar-refractivity contribution is 5.78. The van der Waals surface area contributed by atoms with E-state index in [0.717, 1.165) is 0 Å². The molecular weight excluding hydrogens is 162 g/mol. The topological polar surface area (TPSA) is 41.6 Å². The van der Waals surface area contributed by atoms with Gasteiger partial charge in [0, 0.05) is 12.6 Å². The Hall–Kier alpha value is -0.730. The Kier molecular flexibility index (Phi) is 3.36. The van der Waals surface area contributed by atoms with E-state index in [-0.39, 0.29) is 11.1 Å². The van der Waals surface area contributed by atoms with Gasteiger partial charge >= 0.3 is 0 Å². The van der Waals surface area contributed by atoms with E-state index >= 15 is 0 Å². The van der Waals surface area contributed by atoms with E-state index in [9.17, 15) is 0 Å². The molecule has 78 valence electrons. The standard InChI is InChI=1S/C10H23N3/c1-9(2,3)12-8(11)13(7)10(4,5)6/h1-7H3,(H2,11,12). The average molecular weight is 185 g/mol. The van der Waals surface area contributed by atoms with Crippen LogP contribution in [0.3, 0.4) is 0 Å². The van der Waals surface area contributed by atoms with Crippen molar-refractivity contribution in [2.45, 2.75) is 52.6 Å². The van der Waals surface area contributed by atoms with Crippen LogP contribution in [0.15, 0.2) is 4.99 Å². The molecule has 0 saturated carbocycles. The zero-order valence-corrected chi connectivity index (χ0v) is 9.97. The molecule has 3 nitrogen and oxygen atoms in total. The maximum atomic E-state index is 5.87. The lowest BCUT2D eigenvalue weighted by Gasteiger charge is -2.33. The first kappa shape index (κ1) is 12.3. The Balaban J connectivity index is 4.62. The quantitative estimate of drug-likeness (QED) is 0.462. The fourth-order valence-electron chi connectivity index (χ4n) is 0.762. The minimum atomic E-state index is -0.108. The Morgan fingerprint density at radius 3 is 1.69 bits per heavy atom. The third-order valence-electron chi connectivity index (χ3n) is 1.80. The molecule has 0 aromatic rings. The molecular formula is C10H23N3. The summed E-state index contributed by atoms with van der Waals surface area (Å²) in [6.07, 6.45) is 0. The van der Waals surface area contributed by atoms with Crippen molar-refractivity contribution in [1.82, 2.24) is 4.90 Å². The molecule has 0 atom stereocenters. The van der Waals surface area contributed by atoms with Crippen molar-refractivity contribution >= 4 is 5.96 Å². The number of nitrogens with two attached hydrogens (primary N) is 1. The van der Waals surface area contributed by atoms with Crippen LogP contribution in [0, 0.1) is 0 Å². The summed E-state index contributed by atoms with van der Waals surface area (Å²) in [5.41, 5.74) is 5.78. The fraction of sp³-hybridized carbons (Fsp3) is 0.900. The lowest BCUT2D eigenvalue weighted by Crippen LogP contribution is -2.47. The van der Waals surface area contributed by atoms with Crippen LogP contribution in [0.2, 0.25) is 0 Å². The van der Waals surface area contributed by atoms with Crippen molar-refractivity contribution in [3.05, 3.63) is 0 Å². The second-order valence-electron chi connectivity index (χ2n) is 5.37. The zero-order valence-electron chi connectivity index (χ0n) is 9.97. The molecule has 0 bridgehead atoms. The van der Waals surface area contributed by atoms with Gasteiger partial charge in [0.25, 0.3) is 0 Å². The van der Waals surface area contributed by atoms with E-state index in [0.29, 0.717) is 5.96 Å². The number of rotatable bonds is 0. The lowest BCUT2D eigenvalue weighted by molar-refractivity contribution is 0.276. The van der Waals surface area contributed by atoms with Gasteiger partial charge in [-0.3, -0.25) is 0 Å². The van der Waals surface area contributed by atoms with Crippen LogP contribution in [-0.2, 0) is 0 Å². The minimum Gasteiger partial charge on any atom is -0.370 e. The molecule has 2 N–H and O–H groups in total. The molecule has 0 aliphatic carbocycles. The van der Waals surface area contributed by atoms with Gasteiger partial charge in [-0.2, -0.15) is 0 Å². The Bertz CT molecular complexity index is 193. The molecule has 0 aromatic carbocycles. The van der Waals surface area contributed by atoms with Gasteiger partial charge in [0.1, 0.15) is 0 Å². The third kappa shape index (κ3) is 4.76. The molecule has 0 unspecified atom stereocenters. The van der Waals surface area contributed by atoms with Crippen LogP contribution in [0.4, 0.5) is 0 Å². The molecule has 0 radical (unpaired) electrons. The molecule has 0 amide bonds. The normalized spacial score (nSPS) is 14.5. The largest absolute Gasteiger partial charge is 0.370 e. The van der Waals surface area contributed by atoms with Crippen LogP contribution < -0.4 is 5.73 Å². The highest BCUT2D eigenvalue weighted by Crippen LogP contribution is 2.12. The first-order valence-electron chi connectivity index (χ1n) is 4.63. The summed E-state index contributed by atoms with van der Waals surface area (Å²) in [6, 6.07) is 0. The minimum absolute atomic E-state index is 0.0266. The number of hydrogen-bond donors (Lipinski definition) is 1. The van der Waals surface area contributed by atoms with Crippen LogP contribution in [0.1, 0.15) is 41.5 Å². The SMILES string of the molecule is CN(C(N)=NC(C)(C)C)C(C)(C)C. The second-order valence-corrected chi connectivity index (χ2v) is 5.37. The zero-order chi connectivity index (χ0) is 10.9. The maximum Gasteiger partial charge on any atom is 0.191 e. The van der Waals surface area contributed by atoms with Crippen LogP contribution in [-0.4, -0.2) is 29.0 Å². The van der Waals surface area contributed by atoms with E-state index in [1.54, 1.807) is 0 Å². The third-order valence-corrected chi connectivity index (χ3v) is 1.80. The Labute approximate surface area is 82.0 Å². The second kappa shape index (κ2) is 3.56. The van der Waals surface area contributed by atoms with Crippen LogP contribution >= 0.6 is 0 Å². The molecule has 13 heavy (non-hydrogen) atoms. The summed E-state index contributed by atoms with van der Waals surface area (Å²) < 4.78 is 0. The molecule has 0 fully saturated rings. The number of aliphatic imine (C=N–C) groups is 1. The van der Waals surface area contributed by atoms with Gasteiger partial charge in [-0.15, -0.1) is 0 Å². The summed E-state index contributed by atoms with van der Waals surface area (Å²) in [5, 5.41) is 0. The van der Waals surface area contributed by atoms with E-state index < -0.39 is 0 Å². The van der Waals surface area contributed by atoms with E-state index in [2.05, 4.69) is 25.8 Å². The van der Waals surface area contributed by atoms with Crippen molar-refractivity contribution in [3.8, 4) is 0 Å². The monoisotopic (exact) mass is 185 g/mol. The van der Waals surface area contributed by atoms with Crippen molar-refractivity contribution < 1.29 is 0 Å². The average Bonchev–Trinajstić information content (AvgIpc) is 1.79. The van der Waals surface area contributed by atoms with Gasteiger partial charge in [0.2, 0.25) is 0 Å². The maximum absolute atomic E-state index is 5.87. The summed E-state index contributed by atoms with van der Waals surface area (Å²) in [7, 11) is 1.96. The van der Waals surface area contributed by atoms with E-state index in [4.69, 9.17) is 5.73 Å². The fourth-order valence-corrected chi connectivity index (χ4v) is 0.762. The summed E-state index contributed by atoms with van der Waals surface area (Å²) in [6.45, 7) is 12.4. The van der Waals surface area contributed by atoms with Gasteiger partial charge in [-0.1, -0.05) is 0 Å². The van der Waals surface area contributed by atoms with Crippen molar-refractivity contribution in [2.24, 2.45) is 10.7 Å². The smallest absolute Gasteiger partial charge is 0.191 e. The van der Waals surface area contributed by atoms with E-state index in [1.165, 1.54) is 0 Å². The number of nitrogens with zero attached hydrogens (tertiary/aromatic N) is 2. The Morgan fingerprint density at radius 2 is 1.46 bits per heavy atom. The molecule has 0 aliphatic heterocycles. The van der Waals surface area contributed by atoms with Crippen molar-refractivity contribution in [2.75, 3.05) is 7.05 Å². The van der Waals surface area contributed by atoms with Gasteiger partial charge < -0.3 is 10.6 Å². The van der Waals surface area contributed by atoms with Crippen LogP contribution in [0.25, 0.3) is 0 Å². The molecule has 0 rings (SSSR count). The molecule has 0 heterocycles. The Morgan fingerprint density at radius 1 is 1.08 bits per heavy atom. The highest BCUT2D eigenvalue weighted by atomic mass is 15.3. The van der Waals surface area contributed by atoms with Gasteiger partial charge in [-0.25, -0.2) is 4.99 Å². The predicted octanol–water partition coefficient (Wildman–Crippen LogP) is 1.83. The van der Waals surface area contributed by atoms with Crippen molar-refractivity contribution in [3.63, 3.8) is 0 Å². The molecule has 3 heteroatoms. The predicted molar refractivity (Wildman–Crippen MR) is 58.9 cm³/mol. The van der Waals surface area contributed by atoms with Gasteiger partial charge in [-0.05, 0) is 41.5 Å². The van der Waals surface area contributed by atoms with Gasteiger partial charge in [0.15, 0.2) is 5.96 Å². The molecule has 0 aromatic heterocycles. The van der Waals surface area contributed by atoms with Crippen LogP contribution in [0.5, 0.6) is 0 Å². The lowest BCUT2D eigenvalue weighted by atomic mass is 10.1. The van der Waals surface area contributed by atoms with E-state index in [1.807, 2.05) is 32.7 Å². The van der Waals surface area contributed by atoms with Gasteiger partial charge in [0.05, 0.1) is 5.54 Å². The highest BCUT2D eigenvalue weighted by Gasteiger charge is 2.20. The summed E-state index contributed by atoms with van der Waals surface area (Å²) in [5.74, 6) is 0.597. The molecule has 0 saturated heterocycles. The summed E-state index contributed by atoms with van der Waals surface area (Å²) >= 11 is 0. The van der Waals surface area contributed by atoms with Crippen molar-refractivity contribution in [1.29, 1.82) is 0 Å². The first-order valence-corrected chi connectivity index (χ1v) is 4.63. The first-order chi connectivity index (χ1) is 5.54.